The maximum atomic E-state index is 13.5. The number of hydrogen-bond donors (Lipinski definition) is 2. The maximum Gasteiger partial charge on any atom is 0.145 e. The summed E-state index contributed by atoms with van der Waals surface area (Å²) in [6.07, 6.45) is 0. The van der Waals surface area contributed by atoms with Gasteiger partial charge in [0.2, 0.25) is 0 Å². The molecule has 6 heteroatoms. The molecule has 0 amide bonds. The molecule has 2 rings (SSSR count). The fraction of sp³-hybridized carbons (Fsp3) is 0. The molecular weight excluding hydrogens is 262 g/mol. The lowest BCUT2D eigenvalue weighted by Crippen LogP contribution is -2.32. The second kappa shape index (κ2) is 3.94. The highest BCUT2D eigenvalue weighted by Gasteiger charge is 2.38. The third-order valence-electron chi connectivity index (χ3n) is 2.46. The predicted molar refractivity (Wildman–Crippen MR) is 62.7 cm³/mol. The second-order valence-electron chi connectivity index (χ2n) is 3.75. The van der Waals surface area contributed by atoms with Crippen LogP contribution in [-0.2, 0) is 9.63 Å². The summed E-state index contributed by atoms with van der Waals surface area (Å²) >= 11 is 0. The third kappa shape index (κ3) is 2.05. The molecule has 0 saturated heterocycles. The first-order chi connectivity index (χ1) is 8.30. The molecule has 18 heavy (non-hydrogen) atoms. The van der Waals surface area contributed by atoms with Crippen LogP contribution in [-0.4, -0.2) is 13.3 Å². The first-order valence-corrected chi connectivity index (χ1v) is 6.85. The summed E-state index contributed by atoms with van der Waals surface area (Å²) in [4.78, 5) is -1.19. The Kier molecular flexibility index (Phi) is 2.81. The van der Waals surface area contributed by atoms with Gasteiger partial charge in [-0.15, -0.1) is 0 Å². The van der Waals surface area contributed by atoms with Crippen LogP contribution in [0.2, 0.25) is 0 Å². The summed E-state index contributed by atoms with van der Waals surface area (Å²) in [5.74, 6) is -2.17. The van der Waals surface area contributed by atoms with Crippen LogP contribution in [0.25, 0.3) is 0 Å². The van der Waals surface area contributed by atoms with Crippen molar-refractivity contribution < 1.29 is 22.1 Å². The number of benzene rings is 2. The summed E-state index contributed by atoms with van der Waals surface area (Å²) in [6.45, 7) is 0. The van der Waals surface area contributed by atoms with Crippen LogP contribution < -0.4 is 0 Å². The Morgan fingerprint density at radius 3 is 2.11 bits per heavy atom. The van der Waals surface area contributed by atoms with Crippen LogP contribution in [0.15, 0.2) is 58.3 Å². The Morgan fingerprint density at radius 2 is 1.56 bits per heavy atom. The van der Waals surface area contributed by atoms with Crippen molar-refractivity contribution in [2.24, 2.45) is 0 Å². The largest absolute Gasteiger partial charge is 0.301 e. The van der Waals surface area contributed by atoms with E-state index in [1.54, 1.807) is 6.07 Å². The van der Waals surface area contributed by atoms with Gasteiger partial charge in [0.25, 0.3) is 0 Å². The van der Waals surface area contributed by atoms with Gasteiger partial charge in [0.1, 0.15) is 26.2 Å². The lowest BCUT2D eigenvalue weighted by atomic mass is 10.3. The monoisotopic (exact) mass is 272 g/mol. The standard InChI is InChI=1S/C12H10F2O3S/c13-9-6-7-12(11(14)8-9)18(15,16,17)10-4-2-1-3-5-10/h1-8H,(H2,15,16,17). The van der Waals surface area contributed by atoms with Gasteiger partial charge in [-0.1, -0.05) is 18.2 Å². The predicted octanol–water partition coefficient (Wildman–Crippen LogP) is 3.15. The SMILES string of the molecule is O=S(O)(O)(c1ccccc1)c1ccc(F)cc1F. The molecule has 0 aliphatic rings. The van der Waals surface area contributed by atoms with Gasteiger partial charge in [-0.2, -0.15) is 0 Å². The van der Waals surface area contributed by atoms with Gasteiger partial charge in [0.15, 0.2) is 0 Å². The van der Waals surface area contributed by atoms with Gasteiger partial charge in [-0.3, -0.25) is 0 Å². The van der Waals surface area contributed by atoms with E-state index < -0.39 is 26.2 Å². The van der Waals surface area contributed by atoms with Gasteiger partial charge < -0.3 is 9.11 Å². The maximum absolute atomic E-state index is 13.5. The Labute approximate surface area is 102 Å². The number of hydrogen-bond acceptors (Lipinski definition) is 1. The molecule has 96 valence electrons. The zero-order chi connectivity index (χ0) is 13.4. The summed E-state index contributed by atoms with van der Waals surface area (Å²) in [7, 11) is -5.52. The van der Waals surface area contributed by atoms with Gasteiger partial charge in [-0.25, -0.2) is 13.0 Å². The molecule has 0 unspecified atom stereocenters. The van der Waals surface area contributed by atoms with E-state index in [0.717, 1.165) is 12.1 Å². The fourth-order valence-corrected chi connectivity index (χ4v) is 3.19. The molecule has 0 bridgehead atoms. The Balaban J connectivity index is 2.71. The van der Waals surface area contributed by atoms with E-state index in [2.05, 4.69) is 0 Å². The van der Waals surface area contributed by atoms with Gasteiger partial charge >= 0.3 is 0 Å². The van der Waals surface area contributed by atoms with Crippen LogP contribution in [0.1, 0.15) is 0 Å². The van der Waals surface area contributed by atoms with Crippen molar-refractivity contribution in [3.63, 3.8) is 0 Å². The topological polar surface area (TPSA) is 57.5 Å². The number of rotatable bonds is 2. The molecule has 0 aliphatic carbocycles. The molecule has 0 saturated carbocycles. The molecule has 0 spiro atoms. The average Bonchev–Trinajstić information content (AvgIpc) is 2.29. The van der Waals surface area contributed by atoms with E-state index in [0.29, 0.717) is 6.07 Å². The minimum Gasteiger partial charge on any atom is -0.301 e. The van der Waals surface area contributed by atoms with E-state index in [1.807, 2.05) is 0 Å². The van der Waals surface area contributed by atoms with Crippen LogP contribution >= 0.6 is 0 Å². The van der Waals surface area contributed by atoms with E-state index in [4.69, 9.17) is 0 Å². The molecule has 2 N–H and O–H groups in total. The summed E-state index contributed by atoms with van der Waals surface area (Å²) in [5, 5.41) is 0. The highest BCUT2D eigenvalue weighted by atomic mass is 32.3. The molecule has 0 heterocycles. The molecule has 0 atom stereocenters. The Bertz CT molecular complexity index is 650. The van der Waals surface area contributed by atoms with Crippen molar-refractivity contribution in [3.8, 4) is 0 Å². The van der Waals surface area contributed by atoms with Crippen LogP contribution in [0.4, 0.5) is 8.78 Å². The molecule has 0 aliphatic heterocycles. The zero-order valence-electron chi connectivity index (χ0n) is 9.09. The average molecular weight is 272 g/mol. The first kappa shape index (κ1) is 12.8. The van der Waals surface area contributed by atoms with Crippen molar-refractivity contribution in [1.29, 1.82) is 0 Å². The van der Waals surface area contributed by atoms with Gasteiger partial charge in [0.05, 0.1) is 4.90 Å². The number of halogens is 2. The van der Waals surface area contributed by atoms with Crippen molar-refractivity contribution in [2.75, 3.05) is 0 Å². The summed E-state index contributed by atoms with van der Waals surface area (Å²) in [6, 6.07) is 8.82. The van der Waals surface area contributed by atoms with Gasteiger partial charge in [0, 0.05) is 6.07 Å². The Hall–Kier alpha value is -1.63. The van der Waals surface area contributed by atoms with Crippen molar-refractivity contribution in [1.82, 2.24) is 0 Å². The molecule has 2 aromatic carbocycles. The Morgan fingerprint density at radius 1 is 0.944 bits per heavy atom. The second-order valence-corrected chi connectivity index (χ2v) is 6.39. The zero-order valence-corrected chi connectivity index (χ0v) is 9.90. The molecule has 0 radical (unpaired) electrons. The molecule has 0 aromatic heterocycles. The highest BCUT2D eigenvalue weighted by molar-refractivity contribution is 8.10. The molecule has 2 aromatic rings. The first-order valence-electron chi connectivity index (χ1n) is 4.97. The van der Waals surface area contributed by atoms with Crippen molar-refractivity contribution in [3.05, 3.63) is 60.2 Å². The van der Waals surface area contributed by atoms with E-state index in [-0.39, 0.29) is 4.90 Å². The molecular formula is C12H10F2O3S. The van der Waals surface area contributed by atoms with Gasteiger partial charge in [-0.05, 0) is 24.3 Å². The quantitative estimate of drug-likeness (QED) is 0.883. The summed E-state index contributed by atoms with van der Waals surface area (Å²) in [5.41, 5.74) is 0. The van der Waals surface area contributed by atoms with Crippen molar-refractivity contribution in [2.45, 2.75) is 9.79 Å². The smallest absolute Gasteiger partial charge is 0.145 e. The lowest BCUT2D eigenvalue weighted by molar-refractivity contribution is 0.382. The summed E-state index contributed by atoms with van der Waals surface area (Å²) < 4.78 is 58.5. The van der Waals surface area contributed by atoms with E-state index >= 15 is 0 Å². The molecule has 3 nitrogen and oxygen atoms in total. The van der Waals surface area contributed by atoms with Crippen LogP contribution in [0.5, 0.6) is 0 Å². The lowest BCUT2D eigenvalue weighted by Gasteiger charge is -2.31. The normalized spacial score (nSPS) is 13.9. The van der Waals surface area contributed by atoms with Crippen LogP contribution in [0.3, 0.4) is 0 Å². The van der Waals surface area contributed by atoms with E-state index in [1.165, 1.54) is 24.3 Å². The molecule has 0 fully saturated rings. The minimum absolute atomic E-state index is 0.347. The van der Waals surface area contributed by atoms with Crippen LogP contribution in [0, 0.1) is 11.6 Å². The third-order valence-corrected chi connectivity index (χ3v) is 4.70. The minimum atomic E-state index is -5.52. The van der Waals surface area contributed by atoms with Crippen molar-refractivity contribution >= 4 is 9.63 Å². The van der Waals surface area contributed by atoms with E-state index in [9.17, 15) is 22.1 Å². The fourth-order valence-electron chi connectivity index (χ4n) is 1.57. The highest BCUT2D eigenvalue weighted by Crippen LogP contribution is 2.38.